The van der Waals surface area contributed by atoms with Crippen LogP contribution in [0, 0.1) is 24.6 Å². The van der Waals surface area contributed by atoms with Crippen LogP contribution in [0.2, 0.25) is 0 Å². The van der Waals surface area contributed by atoms with Crippen LogP contribution < -0.4 is 0 Å². The average Bonchev–Trinajstić information content (AvgIpc) is 3.78. The lowest BCUT2D eigenvalue weighted by Crippen LogP contribution is -2.41. The number of hydrogen-bond acceptors (Lipinski definition) is 5. The van der Waals surface area contributed by atoms with E-state index in [1.807, 2.05) is 22.2 Å². The number of rotatable bonds is 6. The van der Waals surface area contributed by atoms with Crippen LogP contribution in [0.25, 0.3) is 16.6 Å². The van der Waals surface area contributed by atoms with Crippen LogP contribution in [-0.2, 0) is 16.0 Å². The molecule has 4 aliphatic rings. The molecule has 1 aromatic carbocycles. The molecule has 0 aliphatic carbocycles. The molecular formula is C33H40FN5O3. The van der Waals surface area contributed by atoms with E-state index in [2.05, 4.69) is 27.6 Å². The first kappa shape index (κ1) is 27.5. The van der Waals surface area contributed by atoms with E-state index in [1.165, 1.54) is 23.1 Å². The Bertz CT molecular complexity index is 1510. The molecule has 2 unspecified atom stereocenters. The largest absolute Gasteiger partial charge is 0.374 e. The fourth-order valence-corrected chi connectivity index (χ4v) is 7.84. The minimum absolute atomic E-state index is 0.0616. The highest BCUT2D eigenvalue weighted by molar-refractivity contribution is 5.99. The first-order valence-corrected chi connectivity index (χ1v) is 15.5. The van der Waals surface area contributed by atoms with Crippen LogP contribution in [0.1, 0.15) is 54.1 Å². The summed E-state index contributed by atoms with van der Waals surface area (Å²) in [6.07, 6.45) is 11.1. The zero-order valence-corrected chi connectivity index (χ0v) is 24.6. The number of fused-ring (bicyclic) bond motifs is 3. The standard InChI is InChI=1S/C33H40FN5O3/c1-21-14-35-15-31-32(21)25(11-24-5-8-36(17-24)16-23-6-9-37(10-7-23)22(2)40)18-39(31)30-4-3-26(34)12-29(30)33(41)38-19-28-13-27(38)20-42-28/h3-4,12,14-15,18,23-24,27-28H,5-11,13,16-17,19-20H2,1-2H3/t24-,27?,28?/m0/s1. The minimum Gasteiger partial charge on any atom is -0.374 e. The van der Waals surface area contributed by atoms with E-state index in [9.17, 15) is 14.0 Å². The summed E-state index contributed by atoms with van der Waals surface area (Å²) in [6, 6.07) is 4.62. The molecule has 2 amide bonds. The van der Waals surface area contributed by atoms with E-state index in [1.54, 1.807) is 13.0 Å². The van der Waals surface area contributed by atoms with E-state index in [0.29, 0.717) is 36.2 Å². The van der Waals surface area contributed by atoms with Crippen molar-refractivity contribution in [1.29, 1.82) is 0 Å². The number of carbonyl (C=O) groups is 2. The summed E-state index contributed by atoms with van der Waals surface area (Å²) < 4.78 is 22.3. The first-order chi connectivity index (χ1) is 20.3. The fourth-order valence-electron chi connectivity index (χ4n) is 7.84. The Morgan fingerprint density at radius 2 is 1.88 bits per heavy atom. The summed E-state index contributed by atoms with van der Waals surface area (Å²) in [6.45, 7) is 9.92. The van der Waals surface area contributed by atoms with Gasteiger partial charge in [-0.05, 0) is 86.7 Å². The minimum atomic E-state index is -0.410. The molecule has 7 rings (SSSR count). The molecule has 0 radical (unpaired) electrons. The van der Waals surface area contributed by atoms with Gasteiger partial charge in [0.25, 0.3) is 5.91 Å². The molecule has 4 aliphatic heterocycles. The van der Waals surface area contributed by atoms with Gasteiger partial charge in [-0.25, -0.2) is 4.39 Å². The summed E-state index contributed by atoms with van der Waals surface area (Å²) >= 11 is 0. The van der Waals surface area contributed by atoms with Gasteiger partial charge in [0.15, 0.2) is 0 Å². The molecule has 4 saturated heterocycles. The summed E-state index contributed by atoms with van der Waals surface area (Å²) in [4.78, 5) is 36.4. The number of aryl methyl sites for hydroxylation is 1. The second-order valence-electron chi connectivity index (χ2n) is 12.9. The Morgan fingerprint density at radius 1 is 1.07 bits per heavy atom. The lowest BCUT2D eigenvalue weighted by molar-refractivity contribution is -0.130. The number of amides is 2. The van der Waals surface area contributed by atoms with Crippen molar-refractivity contribution in [3.05, 3.63) is 59.3 Å². The smallest absolute Gasteiger partial charge is 0.256 e. The number of piperidine rings is 1. The van der Waals surface area contributed by atoms with E-state index in [4.69, 9.17) is 4.74 Å². The third kappa shape index (κ3) is 5.11. The van der Waals surface area contributed by atoms with Gasteiger partial charge >= 0.3 is 0 Å². The van der Waals surface area contributed by atoms with Crippen LogP contribution in [0.4, 0.5) is 4.39 Å². The predicted molar refractivity (Wildman–Crippen MR) is 158 cm³/mol. The zero-order chi connectivity index (χ0) is 29.0. The monoisotopic (exact) mass is 573 g/mol. The number of ether oxygens (including phenoxy) is 1. The van der Waals surface area contributed by atoms with E-state index in [-0.39, 0.29) is 24.0 Å². The second kappa shape index (κ2) is 11.1. The number of pyridine rings is 1. The fraction of sp³-hybridized carbons (Fsp3) is 0.545. The van der Waals surface area contributed by atoms with Gasteiger partial charge in [0.1, 0.15) is 5.82 Å². The van der Waals surface area contributed by atoms with E-state index in [0.717, 1.165) is 75.9 Å². The Kier molecular flexibility index (Phi) is 7.26. The molecule has 2 aromatic heterocycles. The molecular weight excluding hydrogens is 533 g/mol. The van der Waals surface area contributed by atoms with Crippen molar-refractivity contribution < 1.29 is 18.7 Å². The summed E-state index contributed by atoms with van der Waals surface area (Å²) in [5.74, 6) is 0.843. The summed E-state index contributed by atoms with van der Waals surface area (Å²) in [5.41, 5.74) is 4.39. The van der Waals surface area contributed by atoms with Crippen molar-refractivity contribution in [3.8, 4) is 5.69 Å². The van der Waals surface area contributed by atoms with E-state index >= 15 is 0 Å². The molecule has 0 spiro atoms. The van der Waals surface area contributed by atoms with Crippen LogP contribution >= 0.6 is 0 Å². The average molecular weight is 574 g/mol. The number of carbonyl (C=O) groups excluding carboxylic acids is 2. The molecule has 3 aromatic rings. The first-order valence-electron chi connectivity index (χ1n) is 15.5. The van der Waals surface area contributed by atoms with Gasteiger partial charge in [0.05, 0.1) is 41.7 Å². The maximum atomic E-state index is 14.6. The van der Waals surface area contributed by atoms with Crippen molar-refractivity contribution in [2.24, 2.45) is 11.8 Å². The van der Waals surface area contributed by atoms with Crippen LogP contribution in [-0.4, -0.2) is 94.1 Å². The van der Waals surface area contributed by atoms with Crippen molar-refractivity contribution in [3.63, 3.8) is 0 Å². The Hall–Kier alpha value is -3.30. The molecule has 222 valence electrons. The molecule has 2 bridgehead atoms. The number of likely N-dealkylation sites (tertiary alicyclic amines) is 3. The molecule has 0 N–H and O–H groups in total. The number of morpholine rings is 1. The summed E-state index contributed by atoms with van der Waals surface area (Å²) in [7, 11) is 0. The van der Waals surface area contributed by atoms with Gasteiger partial charge in [0.2, 0.25) is 5.91 Å². The maximum Gasteiger partial charge on any atom is 0.256 e. The lowest BCUT2D eigenvalue weighted by atomic mass is 9.96. The van der Waals surface area contributed by atoms with E-state index < -0.39 is 5.82 Å². The van der Waals surface area contributed by atoms with Gasteiger partial charge in [-0.1, -0.05) is 0 Å². The van der Waals surface area contributed by atoms with Crippen molar-refractivity contribution in [1.82, 2.24) is 24.3 Å². The van der Waals surface area contributed by atoms with Crippen LogP contribution in [0.3, 0.4) is 0 Å². The second-order valence-corrected chi connectivity index (χ2v) is 12.9. The number of nitrogens with zero attached hydrogens (tertiary/aromatic N) is 5. The quantitative estimate of drug-likeness (QED) is 0.442. The summed E-state index contributed by atoms with van der Waals surface area (Å²) in [5, 5.41) is 1.18. The SMILES string of the molecule is CC(=O)N1CCC(CN2CC[C@@H](Cc3cn(-c4ccc(F)cc4C(=O)N4CC5CC4CO5)c4cncc(C)c34)C2)CC1. The van der Waals surface area contributed by atoms with Gasteiger partial charge in [0, 0.05) is 57.4 Å². The van der Waals surface area contributed by atoms with Gasteiger partial charge in [-0.15, -0.1) is 0 Å². The van der Waals surface area contributed by atoms with Crippen LogP contribution in [0.5, 0.6) is 0 Å². The highest BCUT2D eigenvalue weighted by Gasteiger charge is 2.42. The van der Waals surface area contributed by atoms with Gasteiger partial charge < -0.3 is 24.0 Å². The number of benzene rings is 1. The third-order valence-electron chi connectivity index (χ3n) is 10.0. The molecule has 9 heteroatoms. The molecule has 42 heavy (non-hydrogen) atoms. The van der Waals surface area contributed by atoms with Gasteiger partial charge in [-0.2, -0.15) is 0 Å². The van der Waals surface area contributed by atoms with Crippen LogP contribution in [0.15, 0.2) is 36.8 Å². The Labute approximate surface area is 246 Å². The topological polar surface area (TPSA) is 70.9 Å². The molecule has 0 saturated carbocycles. The molecule has 8 nitrogen and oxygen atoms in total. The van der Waals surface area contributed by atoms with Crippen molar-refractivity contribution in [2.45, 2.75) is 58.1 Å². The number of aromatic nitrogens is 2. The highest BCUT2D eigenvalue weighted by Crippen LogP contribution is 2.35. The molecule has 4 fully saturated rings. The number of halogens is 1. The number of hydrogen-bond donors (Lipinski definition) is 0. The van der Waals surface area contributed by atoms with Gasteiger partial charge in [-0.3, -0.25) is 14.6 Å². The Balaban J connectivity index is 1.12. The normalized spacial score (nSPS) is 24.8. The van der Waals surface area contributed by atoms with Crippen molar-refractivity contribution >= 4 is 22.7 Å². The zero-order valence-electron chi connectivity index (χ0n) is 24.6. The molecule has 6 heterocycles. The highest BCUT2D eigenvalue weighted by atomic mass is 19.1. The lowest BCUT2D eigenvalue weighted by Gasteiger charge is -2.33. The molecule has 3 atom stereocenters. The Morgan fingerprint density at radius 3 is 2.62 bits per heavy atom. The maximum absolute atomic E-state index is 14.6. The van der Waals surface area contributed by atoms with Crippen molar-refractivity contribution in [2.75, 3.05) is 45.9 Å². The predicted octanol–water partition coefficient (Wildman–Crippen LogP) is 4.21. The third-order valence-corrected chi connectivity index (χ3v) is 10.0.